The van der Waals surface area contributed by atoms with E-state index in [0.29, 0.717) is 0 Å². The molecule has 0 amide bonds. The smallest absolute Gasteiger partial charge is 0.302 e. The van der Waals surface area contributed by atoms with Gasteiger partial charge in [-0.05, 0) is 0 Å². The second-order valence-corrected chi connectivity index (χ2v) is 8.10. The summed E-state index contributed by atoms with van der Waals surface area (Å²) in [5.74, 6) is 0. The fourth-order valence-electron chi connectivity index (χ4n) is 0.398. The van der Waals surface area contributed by atoms with E-state index in [-0.39, 0.29) is 0 Å². The van der Waals surface area contributed by atoms with Crippen LogP contribution in [0.1, 0.15) is 0 Å². The van der Waals surface area contributed by atoms with E-state index in [4.69, 9.17) is 14.7 Å². The number of rotatable bonds is 4. The zero-order valence-electron chi connectivity index (χ0n) is 6.72. The van der Waals surface area contributed by atoms with Gasteiger partial charge in [0.2, 0.25) is 7.37 Å². The monoisotopic (exact) mass is 254 g/mol. The molecule has 0 aromatic carbocycles. The van der Waals surface area contributed by atoms with Gasteiger partial charge in [0.15, 0.2) is 0 Å². The Bertz CT molecular complexity index is 279. The highest BCUT2D eigenvalue weighted by Gasteiger charge is 2.36. The minimum Gasteiger partial charge on any atom is -0.302 e. The first-order valence-corrected chi connectivity index (χ1v) is 8.32. The third kappa shape index (κ3) is 8.81. The van der Waals surface area contributed by atoms with Crippen molar-refractivity contribution in [1.29, 1.82) is 0 Å². The van der Waals surface area contributed by atoms with Crippen LogP contribution in [0.5, 0.6) is 0 Å². The van der Waals surface area contributed by atoms with Crippen molar-refractivity contribution in [2.75, 3.05) is 13.3 Å². The first kappa shape index (κ1) is 13.5. The maximum absolute atomic E-state index is 10.8. The molecule has 0 spiro atoms. The Hall–Kier alpha value is 0.490. The van der Waals surface area contributed by atoms with Crippen molar-refractivity contribution in [3.05, 3.63) is 0 Å². The molecule has 0 aromatic heterocycles. The third-order valence-electron chi connectivity index (χ3n) is 0.509. The molecule has 0 aromatic rings. The van der Waals surface area contributed by atoms with Crippen LogP contribution in [0.2, 0.25) is 0 Å². The van der Waals surface area contributed by atoms with Crippen LogP contribution in [0.15, 0.2) is 0 Å². The Labute approximate surface area is 74.2 Å². The van der Waals surface area contributed by atoms with Crippen LogP contribution >= 0.6 is 23.0 Å². The zero-order valence-corrected chi connectivity index (χ0v) is 9.41. The van der Waals surface area contributed by atoms with Crippen molar-refractivity contribution in [1.82, 2.24) is 0 Å². The van der Waals surface area contributed by atoms with Gasteiger partial charge in [0.05, 0.1) is 0 Å². The SMILES string of the molecule is CP(C)(=O)OP(=O)(O)OP(=O)(O)O. The molecule has 0 rings (SSSR count). The van der Waals surface area contributed by atoms with Crippen molar-refractivity contribution in [2.45, 2.75) is 0 Å². The van der Waals surface area contributed by atoms with Gasteiger partial charge in [-0.25, -0.2) is 13.4 Å². The van der Waals surface area contributed by atoms with Crippen molar-refractivity contribution in [3.63, 3.8) is 0 Å². The summed E-state index contributed by atoms with van der Waals surface area (Å²) in [6.07, 6.45) is 0. The summed E-state index contributed by atoms with van der Waals surface area (Å²) in [4.78, 5) is 24.9. The maximum Gasteiger partial charge on any atom is 0.486 e. The number of hydrogen-bond acceptors (Lipinski definition) is 5. The van der Waals surface area contributed by atoms with Gasteiger partial charge in [-0.1, -0.05) is 0 Å². The molecule has 0 aliphatic heterocycles. The van der Waals surface area contributed by atoms with Crippen molar-refractivity contribution >= 4 is 23.0 Å². The van der Waals surface area contributed by atoms with Crippen LogP contribution in [0.3, 0.4) is 0 Å². The lowest BCUT2D eigenvalue weighted by molar-refractivity contribution is 0.231. The van der Waals surface area contributed by atoms with Crippen LogP contribution in [-0.2, 0) is 22.3 Å². The van der Waals surface area contributed by atoms with Crippen molar-refractivity contribution in [3.8, 4) is 0 Å². The second kappa shape index (κ2) is 3.93. The number of phosphoric acid groups is 2. The van der Waals surface area contributed by atoms with Crippen molar-refractivity contribution < 1.29 is 37.0 Å². The van der Waals surface area contributed by atoms with E-state index in [9.17, 15) is 13.7 Å². The van der Waals surface area contributed by atoms with E-state index >= 15 is 0 Å². The molecule has 0 heterocycles. The normalized spacial score (nSPS) is 18.2. The molecule has 0 bridgehead atoms. The summed E-state index contributed by atoms with van der Waals surface area (Å²) >= 11 is 0. The van der Waals surface area contributed by atoms with Crippen LogP contribution in [-0.4, -0.2) is 28.0 Å². The number of hydrogen-bond donors (Lipinski definition) is 3. The molecule has 80 valence electrons. The Morgan fingerprint density at radius 2 is 1.31 bits per heavy atom. The minimum absolute atomic E-state index is 0.999. The molecule has 8 nitrogen and oxygen atoms in total. The van der Waals surface area contributed by atoms with Gasteiger partial charge in [-0.3, -0.25) is 4.57 Å². The summed E-state index contributed by atoms with van der Waals surface area (Å²) in [6, 6.07) is 0. The van der Waals surface area contributed by atoms with Gasteiger partial charge < -0.3 is 14.7 Å². The van der Waals surface area contributed by atoms with Crippen LogP contribution in [0.25, 0.3) is 0 Å². The lowest BCUT2D eigenvalue weighted by Gasteiger charge is -2.14. The second-order valence-electron chi connectivity index (χ2n) is 2.37. The maximum atomic E-state index is 10.8. The fraction of sp³-hybridized carbons (Fsp3) is 1.00. The Kier molecular flexibility index (Phi) is 4.08. The van der Waals surface area contributed by atoms with E-state index in [0.717, 1.165) is 13.3 Å². The van der Waals surface area contributed by atoms with Crippen molar-refractivity contribution in [2.24, 2.45) is 0 Å². The topological polar surface area (TPSA) is 130 Å². The standard InChI is InChI=1S/C2H9O8P3/c1-11(2,3)9-13(7,8)10-12(4,5)6/h1-2H3,(H,7,8)(H2,4,5,6). The molecule has 13 heavy (non-hydrogen) atoms. The molecule has 1 atom stereocenters. The Morgan fingerprint density at radius 3 is 1.54 bits per heavy atom. The van der Waals surface area contributed by atoms with Crippen LogP contribution in [0, 0.1) is 0 Å². The molecule has 1 unspecified atom stereocenters. The van der Waals surface area contributed by atoms with Gasteiger partial charge in [-0.15, -0.1) is 0 Å². The molecular formula is C2H9O8P3. The summed E-state index contributed by atoms with van der Waals surface area (Å²) in [5.41, 5.74) is 0. The first-order valence-electron chi connectivity index (χ1n) is 2.77. The molecule has 0 aliphatic carbocycles. The fourth-order valence-corrected chi connectivity index (χ4v) is 3.85. The molecule has 11 heteroatoms. The van der Waals surface area contributed by atoms with E-state index in [1.54, 1.807) is 0 Å². The highest BCUT2D eigenvalue weighted by molar-refractivity contribution is 7.69. The Morgan fingerprint density at radius 1 is 0.923 bits per heavy atom. The average Bonchev–Trinajstić information content (AvgIpc) is 1.43. The summed E-state index contributed by atoms with van der Waals surface area (Å²) < 4.78 is 39.0. The lowest BCUT2D eigenvalue weighted by Crippen LogP contribution is -1.91. The van der Waals surface area contributed by atoms with E-state index < -0.39 is 23.0 Å². The first-order chi connectivity index (χ1) is 5.41. The molecule has 0 aliphatic rings. The lowest BCUT2D eigenvalue weighted by atomic mass is 11.9. The van der Waals surface area contributed by atoms with Gasteiger partial charge in [0, 0.05) is 13.3 Å². The summed E-state index contributed by atoms with van der Waals surface area (Å²) in [6.45, 7) is 2.00. The third-order valence-corrected chi connectivity index (χ3v) is 4.58. The average molecular weight is 254 g/mol. The van der Waals surface area contributed by atoms with Crippen LogP contribution < -0.4 is 0 Å². The summed E-state index contributed by atoms with van der Waals surface area (Å²) in [5, 5.41) is 0. The van der Waals surface area contributed by atoms with E-state index in [1.165, 1.54) is 0 Å². The predicted octanol–water partition coefficient (Wildman–Crippen LogP) is 0.750. The minimum atomic E-state index is -5.13. The van der Waals surface area contributed by atoms with E-state index in [2.05, 4.69) is 8.62 Å². The molecule has 3 N–H and O–H groups in total. The highest BCUT2D eigenvalue weighted by atomic mass is 31.3. The molecular weight excluding hydrogens is 245 g/mol. The molecule has 0 radical (unpaired) electrons. The van der Waals surface area contributed by atoms with Gasteiger partial charge in [0.1, 0.15) is 0 Å². The van der Waals surface area contributed by atoms with Gasteiger partial charge >= 0.3 is 15.6 Å². The van der Waals surface area contributed by atoms with Crippen LogP contribution in [0.4, 0.5) is 0 Å². The summed E-state index contributed by atoms with van der Waals surface area (Å²) in [7, 11) is -13.4. The molecule has 0 saturated heterocycles. The zero-order chi connectivity index (χ0) is 10.9. The largest absolute Gasteiger partial charge is 0.486 e. The highest BCUT2D eigenvalue weighted by Crippen LogP contribution is 2.64. The van der Waals surface area contributed by atoms with Gasteiger partial charge in [0.25, 0.3) is 0 Å². The quantitative estimate of drug-likeness (QED) is 0.626. The molecule has 0 saturated carbocycles. The predicted molar refractivity (Wildman–Crippen MR) is 43.5 cm³/mol. The van der Waals surface area contributed by atoms with Gasteiger partial charge in [-0.2, -0.15) is 4.31 Å². The van der Waals surface area contributed by atoms with E-state index in [1.807, 2.05) is 0 Å². The Balaban J connectivity index is 4.54. The molecule has 0 fully saturated rings.